The van der Waals surface area contributed by atoms with E-state index in [9.17, 15) is 14.7 Å². The summed E-state index contributed by atoms with van der Waals surface area (Å²) in [5, 5.41) is 15.0. The number of nitrogens with zero attached hydrogens (tertiary/aromatic N) is 2. The van der Waals surface area contributed by atoms with Crippen molar-refractivity contribution < 1.29 is 14.7 Å². The summed E-state index contributed by atoms with van der Waals surface area (Å²) in [6.07, 6.45) is 12.3. The van der Waals surface area contributed by atoms with Crippen molar-refractivity contribution >= 4 is 11.6 Å². The van der Waals surface area contributed by atoms with Gasteiger partial charge < -0.3 is 5.11 Å². The SMILES string of the molecule is CC(=O)c1ccn(CC(=O)[C@H]2CC[C@H]3[C@@H]4CC[C@@H]5C6C[C@@]6(O)CC[C@@H]5[C@H]4CC[C@]23C)n1. The first-order chi connectivity index (χ1) is 14.8. The summed E-state index contributed by atoms with van der Waals surface area (Å²) in [5.41, 5.74) is 0.267. The van der Waals surface area contributed by atoms with E-state index in [0.717, 1.165) is 42.9 Å². The van der Waals surface area contributed by atoms with Crippen LogP contribution in [0.4, 0.5) is 0 Å². The molecule has 0 aromatic carbocycles. The molecule has 5 fully saturated rings. The summed E-state index contributed by atoms with van der Waals surface area (Å²) in [6, 6.07) is 1.71. The van der Waals surface area contributed by atoms with Crippen LogP contribution in [0.2, 0.25) is 0 Å². The molecule has 0 spiro atoms. The molecule has 5 saturated carbocycles. The molecule has 0 aliphatic heterocycles. The van der Waals surface area contributed by atoms with Crippen LogP contribution in [-0.4, -0.2) is 32.1 Å². The van der Waals surface area contributed by atoms with Crippen molar-refractivity contribution in [2.75, 3.05) is 0 Å². The number of carbonyl (C=O) groups excluding carboxylic acids is 2. The van der Waals surface area contributed by atoms with Crippen molar-refractivity contribution in [3.8, 4) is 0 Å². The number of Topliss-reactive ketones (excluding diaryl/α,β-unsaturated/α-hetero) is 2. The fraction of sp³-hybridized carbons (Fsp3) is 0.808. The lowest BCUT2D eigenvalue weighted by Crippen LogP contribution is -2.50. The number of carbonyl (C=O) groups is 2. The minimum Gasteiger partial charge on any atom is -0.390 e. The minimum atomic E-state index is -0.295. The molecule has 6 rings (SSSR count). The molecule has 0 radical (unpaired) electrons. The molecule has 9 atom stereocenters. The van der Waals surface area contributed by atoms with Gasteiger partial charge in [-0.3, -0.25) is 14.3 Å². The number of aromatic nitrogens is 2. The Balaban J connectivity index is 1.17. The van der Waals surface area contributed by atoms with Crippen LogP contribution in [0, 0.1) is 46.8 Å². The van der Waals surface area contributed by atoms with Crippen molar-refractivity contribution in [3.63, 3.8) is 0 Å². The maximum Gasteiger partial charge on any atom is 0.179 e. The second kappa shape index (κ2) is 6.76. The molecule has 0 amide bonds. The Labute approximate surface area is 185 Å². The maximum atomic E-state index is 13.4. The first-order valence-corrected chi connectivity index (χ1v) is 12.6. The fourth-order valence-corrected chi connectivity index (χ4v) is 9.12. The number of aliphatic hydroxyl groups is 1. The van der Waals surface area contributed by atoms with Gasteiger partial charge in [-0.1, -0.05) is 6.92 Å². The molecule has 168 valence electrons. The number of hydrogen-bond acceptors (Lipinski definition) is 4. The Morgan fingerprint density at radius 2 is 1.74 bits per heavy atom. The standard InChI is InChI=1S/C26H36N2O3/c1-15(29)23-9-12-28(27-23)14-24(30)21-6-5-20-18-3-4-19-17(8-11-26(31)13-22(19)26)16(18)7-10-25(20,21)2/h9,12,16-22,31H,3-8,10-11,13-14H2,1-2H3/t16-,17-,18-,19+,20+,21-,22?,25+,26+/m1/s1. The predicted molar refractivity (Wildman–Crippen MR) is 116 cm³/mol. The summed E-state index contributed by atoms with van der Waals surface area (Å²) in [4.78, 5) is 24.9. The Morgan fingerprint density at radius 1 is 1.03 bits per heavy atom. The molecular weight excluding hydrogens is 388 g/mol. The Morgan fingerprint density at radius 3 is 2.45 bits per heavy atom. The predicted octanol–water partition coefficient (Wildman–Crippen LogP) is 4.28. The lowest BCUT2D eigenvalue weighted by Gasteiger charge is -2.56. The Kier molecular flexibility index (Phi) is 4.39. The maximum absolute atomic E-state index is 13.4. The minimum absolute atomic E-state index is 0.0552. The van der Waals surface area contributed by atoms with Crippen molar-refractivity contribution in [1.29, 1.82) is 0 Å². The van der Waals surface area contributed by atoms with Crippen LogP contribution in [0.25, 0.3) is 0 Å². The molecule has 0 bridgehead atoms. The van der Waals surface area contributed by atoms with Crippen molar-refractivity contribution in [3.05, 3.63) is 18.0 Å². The summed E-state index contributed by atoms with van der Waals surface area (Å²) in [7, 11) is 0. The third-order valence-electron chi connectivity index (χ3n) is 10.7. The van der Waals surface area contributed by atoms with E-state index in [-0.39, 0.29) is 22.7 Å². The summed E-state index contributed by atoms with van der Waals surface area (Å²) in [6.45, 7) is 4.21. The van der Waals surface area contributed by atoms with Crippen LogP contribution in [0.3, 0.4) is 0 Å². The Hall–Kier alpha value is -1.49. The molecule has 5 aliphatic rings. The van der Waals surface area contributed by atoms with Crippen LogP contribution < -0.4 is 0 Å². The number of ketones is 2. The second-order valence-corrected chi connectivity index (χ2v) is 11.9. The molecule has 5 heteroatoms. The highest BCUT2D eigenvalue weighted by Crippen LogP contribution is 2.68. The van der Waals surface area contributed by atoms with E-state index in [4.69, 9.17) is 0 Å². The van der Waals surface area contributed by atoms with Gasteiger partial charge in [0.05, 0.1) is 12.1 Å². The molecule has 31 heavy (non-hydrogen) atoms. The van der Waals surface area contributed by atoms with Gasteiger partial charge in [-0.25, -0.2) is 0 Å². The van der Waals surface area contributed by atoms with Gasteiger partial charge in [0.15, 0.2) is 11.6 Å². The average Bonchev–Trinajstić information content (AvgIpc) is 3.06. The molecular formula is C26H36N2O3. The first-order valence-electron chi connectivity index (χ1n) is 12.6. The van der Waals surface area contributed by atoms with Gasteiger partial charge in [0.25, 0.3) is 0 Å². The Bertz CT molecular complexity index is 924. The van der Waals surface area contributed by atoms with Gasteiger partial charge in [-0.05, 0) is 105 Å². The third-order valence-corrected chi connectivity index (χ3v) is 10.7. The average molecular weight is 425 g/mol. The number of rotatable bonds is 4. The highest BCUT2D eigenvalue weighted by molar-refractivity contribution is 5.92. The largest absolute Gasteiger partial charge is 0.390 e. The molecule has 0 saturated heterocycles. The molecule has 1 N–H and O–H groups in total. The van der Waals surface area contributed by atoms with Crippen molar-refractivity contribution in [2.45, 2.75) is 83.8 Å². The zero-order chi connectivity index (χ0) is 21.5. The zero-order valence-corrected chi connectivity index (χ0v) is 18.9. The van der Waals surface area contributed by atoms with E-state index >= 15 is 0 Å². The lowest BCUT2D eigenvalue weighted by molar-refractivity contribution is -0.131. The van der Waals surface area contributed by atoms with Crippen LogP contribution in [0.5, 0.6) is 0 Å². The summed E-state index contributed by atoms with van der Waals surface area (Å²) in [5.74, 6) is 4.81. The number of hydrogen-bond donors (Lipinski definition) is 1. The van der Waals surface area contributed by atoms with E-state index in [2.05, 4.69) is 12.0 Å². The number of fused-ring (bicyclic) bond motifs is 7. The van der Waals surface area contributed by atoms with E-state index in [0.29, 0.717) is 29.9 Å². The van der Waals surface area contributed by atoms with E-state index < -0.39 is 0 Å². The highest BCUT2D eigenvalue weighted by Gasteiger charge is 2.65. The normalized spacial score (nSPS) is 47.6. The van der Waals surface area contributed by atoms with E-state index in [1.807, 2.05) is 0 Å². The zero-order valence-electron chi connectivity index (χ0n) is 18.9. The first kappa shape index (κ1) is 20.1. The second-order valence-electron chi connectivity index (χ2n) is 11.9. The smallest absolute Gasteiger partial charge is 0.179 e. The molecule has 5 nitrogen and oxygen atoms in total. The molecule has 1 aromatic heterocycles. The van der Waals surface area contributed by atoms with Crippen LogP contribution in [-0.2, 0) is 11.3 Å². The summed E-state index contributed by atoms with van der Waals surface area (Å²) >= 11 is 0. The highest BCUT2D eigenvalue weighted by atomic mass is 16.3. The van der Waals surface area contributed by atoms with E-state index in [1.54, 1.807) is 16.9 Å². The van der Waals surface area contributed by atoms with Crippen molar-refractivity contribution in [1.82, 2.24) is 9.78 Å². The van der Waals surface area contributed by atoms with Gasteiger partial charge in [0.1, 0.15) is 5.69 Å². The van der Waals surface area contributed by atoms with Gasteiger partial charge in [-0.15, -0.1) is 0 Å². The molecule has 1 aromatic rings. The molecule has 1 heterocycles. The van der Waals surface area contributed by atoms with Gasteiger partial charge in [0, 0.05) is 19.0 Å². The van der Waals surface area contributed by atoms with Gasteiger partial charge in [-0.2, -0.15) is 5.10 Å². The quantitative estimate of drug-likeness (QED) is 0.732. The van der Waals surface area contributed by atoms with Crippen LogP contribution in [0.15, 0.2) is 12.3 Å². The fourth-order valence-electron chi connectivity index (χ4n) is 9.12. The monoisotopic (exact) mass is 424 g/mol. The molecule has 5 aliphatic carbocycles. The van der Waals surface area contributed by atoms with Gasteiger partial charge in [0.2, 0.25) is 0 Å². The molecule has 1 unspecified atom stereocenters. The van der Waals surface area contributed by atoms with Crippen LogP contribution in [0.1, 0.15) is 82.1 Å². The third kappa shape index (κ3) is 2.94. The van der Waals surface area contributed by atoms with Crippen LogP contribution >= 0.6 is 0 Å². The van der Waals surface area contributed by atoms with Gasteiger partial charge >= 0.3 is 0 Å². The summed E-state index contributed by atoms with van der Waals surface area (Å²) < 4.78 is 1.66. The topological polar surface area (TPSA) is 72.2 Å². The van der Waals surface area contributed by atoms with E-state index in [1.165, 1.54) is 45.4 Å². The van der Waals surface area contributed by atoms with Crippen molar-refractivity contribution in [2.24, 2.45) is 46.8 Å². The lowest BCUT2D eigenvalue weighted by atomic mass is 9.49.